The third kappa shape index (κ3) is 2.72. The maximum atomic E-state index is 12.2. The predicted octanol–water partition coefficient (Wildman–Crippen LogP) is 6.17. The molecule has 3 saturated carbocycles. The topological polar surface area (TPSA) is 59.7 Å². The highest BCUT2D eigenvalue weighted by atomic mass is 16.5. The summed E-state index contributed by atoms with van der Waals surface area (Å²) in [6.45, 7) is 13.7. The Balaban J connectivity index is 1.66. The maximum Gasteiger partial charge on any atom is 0.302 e. The summed E-state index contributed by atoms with van der Waals surface area (Å²) < 4.78 is 12.2. The highest BCUT2D eigenvalue weighted by Gasteiger charge is 2.69. The highest BCUT2D eigenvalue weighted by molar-refractivity contribution is 5.66. The van der Waals surface area contributed by atoms with Crippen molar-refractivity contribution >= 4 is 5.97 Å². The van der Waals surface area contributed by atoms with Gasteiger partial charge in [0, 0.05) is 12.5 Å². The Labute approximate surface area is 187 Å². The normalized spacial score (nSPS) is 48.0. The molecule has 0 radical (unpaired) electrons. The first-order valence-electron chi connectivity index (χ1n) is 12.4. The predicted molar refractivity (Wildman–Crippen MR) is 119 cm³/mol. The quantitative estimate of drug-likeness (QED) is 0.543. The second kappa shape index (κ2) is 6.62. The zero-order valence-corrected chi connectivity index (χ0v) is 20.2. The summed E-state index contributed by atoms with van der Waals surface area (Å²) in [5.41, 5.74) is 1.17. The molecule has 4 unspecified atom stereocenters. The lowest BCUT2D eigenvalue weighted by Crippen LogP contribution is -2.67. The molecule has 4 nitrogen and oxygen atoms in total. The molecule has 0 aromatic carbocycles. The fourth-order valence-electron chi connectivity index (χ4n) is 9.57. The van der Waals surface area contributed by atoms with Crippen LogP contribution in [0.1, 0.15) is 104 Å². The van der Waals surface area contributed by atoms with Gasteiger partial charge in [0.1, 0.15) is 11.9 Å². The number of hydrogen-bond acceptors (Lipinski definition) is 4. The van der Waals surface area contributed by atoms with Crippen molar-refractivity contribution in [1.82, 2.24) is 0 Å². The van der Waals surface area contributed by atoms with Crippen LogP contribution in [0.25, 0.3) is 0 Å². The zero-order chi connectivity index (χ0) is 22.4. The van der Waals surface area contributed by atoms with Gasteiger partial charge in [-0.25, -0.2) is 0 Å². The van der Waals surface area contributed by atoms with Gasteiger partial charge in [-0.1, -0.05) is 34.1 Å². The van der Waals surface area contributed by atoms with E-state index in [4.69, 9.17) is 9.15 Å². The number of carbonyl (C=O) groups excluding carboxylic acids is 1. The Hall–Kier alpha value is -1.29. The van der Waals surface area contributed by atoms with Gasteiger partial charge in [-0.05, 0) is 85.5 Å². The smallest absolute Gasteiger partial charge is 0.302 e. The van der Waals surface area contributed by atoms with Crippen molar-refractivity contribution in [2.24, 2.45) is 34.0 Å². The number of aliphatic hydroxyl groups is 1. The first-order chi connectivity index (χ1) is 14.4. The molecule has 4 heteroatoms. The van der Waals surface area contributed by atoms with Crippen molar-refractivity contribution in [3.05, 3.63) is 23.7 Å². The summed E-state index contributed by atoms with van der Waals surface area (Å²) >= 11 is 0. The number of rotatable bonds is 1. The molecule has 5 rings (SSSR count). The van der Waals surface area contributed by atoms with Crippen LogP contribution >= 0.6 is 0 Å². The summed E-state index contributed by atoms with van der Waals surface area (Å²) in [4.78, 5) is 12.2. The van der Waals surface area contributed by atoms with Gasteiger partial charge >= 0.3 is 5.97 Å². The van der Waals surface area contributed by atoms with Gasteiger partial charge in [0.2, 0.25) is 0 Å². The van der Waals surface area contributed by atoms with E-state index in [1.54, 1.807) is 6.26 Å². The van der Waals surface area contributed by atoms with Gasteiger partial charge in [-0.2, -0.15) is 0 Å². The SMILES string of the molecule is CC(=O)O[C@H]1CC2[C@@]3(C)CCCC(C)(C)C3CC[C@@]2(C)C2CC(O)c3ccoc3[C@]21C. The molecule has 1 aromatic rings. The first kappa shape index (κ1) is 21.6. The van der Waals surface area contributed by atoms with Crippen LogP contribution in [-0.2, 0) is 14.9 Å². The fourth-order valence-corrected chi connectivity index (χ4v) is 9.57. The van der Waals surface area contributed by atoms with Gasteiger partial charge in [-0.3, -0.25) is 4.79 Å². The monoisotopic (exact) mass is 428 g/mol. The van der Waals surface area contributed by atoms with E-state index in [2.05, 4.69) is 34.6 Å². The molecule has 4 aliphatic carbocycles. The van der Waals surface area contributed by atoms with Crippen LogP contribution in [0.2, 0.25) is 0 Å². The second-order valence-electron chi connectivity index (χ2n) is 12.6. The van der Waals surface area contributed by atoms with Crippen LogP contribution in [0.3, 0.4) is 0 Å². The van der Waals surface area contributed by atoms with Gasteiger partial charge < -0.3 is 14.3 Å². The van der Waals surface area contributed by atoms with Crippen LogP contribution in [-0.4, -0.2) is 17.2 Å². The van der Waals surface area contributed by atoms with Crippen molar-refractivity contribution < 1.29 is 19.1 Å². The molecule has 0 spiro atoms. The van der Waals surface area contributed by atoms with Crippen molar-refractivity contribution in [3.63, 3.8) is 0 Å². The average Bonchev–Trinajstić information content (AvgIpc) is 3.16. The molecule has 0 amide bonds. The molecule has 0 saturated heterocycles. The Bertz CT molecular complexity index is 886. The van der Waals surface area contributed by atoms with E-state index in [1.807, 2.05) is 6.07 Å². The Morgan fingerprint density at radius 2 is 1.74 bits per heavy atom. The van der Waals surface area contributed by atoms with Crippen LogP contribution < -0.4 is 0 Å². The molecule has 0 bridgehead atoms. The van der Waals surface area contributed by atoms with E-state index < -0.39 is 11.5 Å². The molecular weight excluding hydrogens is 388 g/mol. The van der Waals surface area contributed by atoms with Crippen molar-refractivity contribution in [3.8, 4) is 0 Å². The second-order valence-corrected chi connectivity index (χ2v) is 12.6. The van der Waals surface area contributed by atoms with Crippen LogP contribution in [0.15, 0.2) is 16.7 Å². The van der Waals surface area contributed by atoms with E-state index in [-0.39, 0.29) is 28.8 Å². The minimum Gasteiger partial charge on any atom is -0.468 e. The molecule has 31 heavy (non-hydrogen) atoms. The lowest BCUT2D eigenvalue weighted by Gasteiger charge is -2.69. The molecular formula is C27H40O4. The molecule has 172 valence electrons. The van der Waals surface area contributed by atoms with Gasteiger partial charge in [0.05, 0.1) is 17.8 Å². The molecule has 1 aromatic heterocycles. The maximum absolute atomic E-state index is 12.2. The van der Waals surface area contributed by atoms with E-state index in [0.29, 0.717) is 17.3 Å². The molecule has 0 aliphatic heterocycles. The van der Waals surface area contributed by atoms with Crippen LogP contribution in [0.5, 0.6) is 0 Å². The molecule has 1 heterocycles. The Kier molecular flexibility index (Phi) is 4.60. The third-order valence-electron chi connectivity index (χ3n) is 10.8. The number of aliphatic hydroxyl groups excluding tert-OH is 1. The number of carbonyl (C=O) groups is 1. The number of furan rings is 1. The molecule has 1 N–H and O–H groups in total. The number of esters is 1. The van der Waals surface area contributed by atoms with Gasteiger partial charge in [-0.15, -0.1) is 0 Å². The lowest BCUT2D eigenvalue weighted by molar-refractivity contribution is -0.223. The van der Waals surface area contributed by atoms with Crippen molar-refractivity contribution in [2.45, 2.75) is 104 Å². The standard InChI is InChI=1S/C27H40O4/c1-16(28)31-22-15-20-25(4)11-7-10-24(2,3)19(25)8-12-26(20,5)21-14-18(29)17-9-13-30-23(17)27(21,22)6/h9,13,18-22,29H,7-8,10-12,14-15H2,1-6H3/t18?,19?,20?,21?,22-,25-,26+,27+/m0/s1. The minimum absolute atomic E-state index is 0.0928. The number of ether oxygens (including phenoxy) is 1. The van der Waals surface area contributed by atoms with E-state index >= 15 is 0 Å². The summed E-state index contributed by atoms with van der Waals surface area (Å²) in [5.74, 6) is 2.03. The van der Waals surface area contributed by atoms with Gasteiger partial charge in [0.15, 0.2) is 0 Å². The average molecular weight is 429 g/mol. The van der Waals surface area contributed by atoms with E-state index in [9.17, 15) is 9.90 Å². The summed E-state index contributed by atoms with van der Waals surface area (Å²) in [6.07, 6.45) is 8.85. The molecule has 8 atom stereocenters. The first-order valence-corrected chi connectivity index (χ1v) is 12.4. The Morgan fingerprint density at radius 1 is 1.03 bits per heavy atom. The largest absolute Gasteiger partial charge is 0.468 e. The summed E-state index contributed by atoms with van der Waals surface area (Å²) in [7, 11) is 0. The van der Waals surface area contributed by atoms with Crippen molar-refractivity contribution in [1.29, 1.82) is 0 Å². The zero-order valence-electron chi connectivity index (χ0n) is 20.2. The van der Waals surface area contributed by atoms with Crippen LogP contribution in [0.4, 0.5) is 0 Å². The van der Waals surface area contributed by atoms with E-state index in [1.165, 1.54) is 39.0 Å². The minimum atomic E-state index is -0.506. The van der Waals surface area contributed by atoms with Gasteiger partial charge in [0.25, 0.3) is 0 Å². The number of hydrogen-bond donors (Lipinski definition) is 1. The molecule has 4 aliphatic rings. The third-order valence-corrected chi connectivity index (χ3v) is 10.8. The lowest BCUT2D eigenvalue weighted by atomic mass is 9.35. The summed E-state index contributed by atoms with van der Waals surface area (Å²) in [5, 5.41) is 11.1. The number of fused-ring (bicyclic) bond motifs is 7. The summed E-state index contributed by atoms with van der Waals surface area (Å²) in [6, 6.07) is 1.91. The van der Waals surface area contributed by atoms with Crippen molar-refractivity contribution in [2.75, 3.05) is 0 Å². The molecule has 3 fully saturated rings. The van der Waals surface area contributed by atoms with Crippen LogP contribution in [0, 0.1) is 34.0 Å². The fraction of sp³-hybridized carbons (Fsp3) is 0.815. The highest BCUT2D eigenvalue weighted by Crippen LogP contribution is 2.73. The Morgan fingerprint density at radius 3 is 2.45 bits per heavy atom. The van der Waals surface area contributed by atoms with E-state index in [0.717, 1.165) is 24.2 Å².